The maximum atomic E-state index is 13.2. The van der Waals surface area contributed by atoms with Crippen LogP contribution in [-0.2, 0) is 0 Å². The highest BCUT2D eigenvalue weighted by atomic mass is 35.5. The van der Waals surface area contributed by atoms with Gasteiger partial charge in [0.25, 0.3) is 17.7 Å². The lowest BCUT2D eigenvalue weighted by molar-refractivity contribution is 0.0958. The van der Waals surface area contributed by atoms with Crippen molar-refractivity contribution in [3.8, 4) is 0 Å². The van der Waals surface area contributed by atoms with Crippen molar-refractivity contribution in [1.82, 2.24) is 9.97 Å². The minimum Gasteiger partial charge on any atom is -0.364 e. The highest BCUT2D eigenvalue weighted by Gasteiger charge is 2.22. The number of nitrogens with one attached hydrogen (secondary N) is 2. The number of benzene rings is 2. The fourth-order valence-corrected chi connectivity index (χ4v) is 2.72. The average Bonchev–Trinajstić information content (AvgIpc) is 3.19. The lowest BCUT2D eigenvalue weighted by Gasteiger charge is -2.17. The van der Waals surface area contributed by atoms with E-state index >= 15 is 0 Å². The average molecular weight is 416 g/mol. The van der Waals surface area contributed by atoms with Crippen molar-refractivity contribution in [3.63, 3.8) is 0 Å². The summed E-state index contributed by atoms with van der Waals surface area (Å²) in [4.78, 5) is 43.8. The number of imidazole rings is 1. The normalized spacial score (nSPS) is 10.4. The molecule has 0 aliphatic rings. The van der Waals surface area contributed by atoms with Gasteiger partial charge in [-0.2, -0.15) is 0 Å². The van der Waals surface area contributed by atoms with Crippen LogP contribution in [0.15, 0.2) is 48.8 Å². The predicted octanol–water partition coefficient (Wildman–Crippen LogP) is 2.83. The van der Waals surface area contributed by atoms with Crippen molar-refractivity contribution >= 4 is 40.7 Å². The lowest BCUT2D eigenvalue weighted by Crippen LogP contribution is -2.29. The van der Waals surface area contributed by atoms with Gasteiger partial charge in [-0.1, -0.05) is 11.6 Å². The maximum absolute atomic E-state index is 13.2. The molecule has 0 bridgehead atoms. The zero-order valence-electron chi connectivity index (χ0n) is 15.1. The van der Waals surface area contributed by atoms with Crippen LogP contribution in [0.4, 0.5) is 15.8 Å². The summed E-state index contributed by atoms with van der Waals surface area (Å²) in [6.07, 6.45) is 1.21. The van der Waals surface area contributed by atoms with Crippen molar-refractivity contribution in [1.29, 1.82) is 0 Å². The summed E-state index contributed by atoms with van der Waals surface area (Å²) in [5.74, 6) is -2.40. The van der Waals surface area contributed by atoms with Crippen LogP contribution in [0.1, 0.15) is 31.3 Å². The molecule has 10 heteroatoms. The zero-order chi connectivity index (χ0) is 21.1. The van der Waals surface area contributed by atoms with Gasteiger partial charge in [-0.15, -0.1) is 0 Å². The van der Waals surface area contributed by atoms with Crippen LogP contribution in [0.2, 0.25) is 5.02 Å². The number of aromatic nitrogens is 2. The molecule has 0 spiro atoms. The fourth-order valence-electron chi connectivity index (χ4n) is 2.54. The number of nitrogens with zero attached hydrogens (tertiary/aromatic N) is 2. The van der Waals surface area contributed by atoms with Crippen molar-refractivity contribution in [3.05, 3.63) is 76.6 Å². The van der Waals surface area contributed by atoms with Gasteiger partial charge in [0.2, 0.25) is 0 Å². The summed E-state index contributed by atoms with van der Waals surface area (Å²) in [5.41, 5.74) is 6.19. The summed E-state index contributed by atoms with van der Waals surface area (Å²) < 4.78 is 13.2. The number of hydrogen-bond acceptors (Lipinski definition) is 4. The number of halogens is 2. The molecule has 0 fully saturated rings. The van der Waals surface area contributed by atoms with E-state index in [-0.39, 0.29) is 22.0 Å². The molecule has 0 saturated carbocycles. The number of anilines is 2. The van der Waals surface area contributed by atoms with E-state index in [1.807, 2.05) is 0 Å². The first kappa shape index (κ1) is 20.0. The van der Waals surface area contributed by atoms with Gasteiger partial charge in [-0.3, -0.25) is 14.4 Å². The summed E-state index contributed by atoms with van der Waals surface area (Å²) in [7, 11) is 1.52. The summed E-state index contributed by atoms with van der Waals surface area (Å²) in [5, 5.41) is 2.50. The molecular formula is C19H15ClFN5O3. The van der Waals surface area contributed by atoms with E-state index in [0.717, 1.165) is 6.07 Å². The van der Waals surface area contributed by atoms with Gasteiger partial charge in [0.1, 0.15) is 11.5 Å². The third-order valence-corrected chi connectivity index (χ3v) is 4.38. The van der Waals surface area contributed by atoms with E-state index in [4.69, 9.17) is 17.3 Å². The lowest BCUT2D eigenvalue weighted by atomic mass is 10.2. The highest BCUT2D eigenvalue weighted by molar-refractivity contribution is 6.31. The van der Waals surface area contributed by atoms with Crippen LogP contribution in [0.3, 0.4) is 0 Å². The summed E-state index contributed by atoms with van der Waals surface area (Å²) in [6, 6.07) is 10.0. The minimum absolute atomic E-state index is 0.0226. The topological polar surface area (TPSA) is 121 Å². The van der Waals surface area contributed by atoms with Gasteiger partial charge < -0.3 is 20.9 Å². The third kappa shape index (κ3) is 4.25. The molecule has 2 aromatic carbocycles. The second-order valence-corrected chi connectivity index (χ2v) is 6.39. The first-order valence-corrected chi connectivity index (χ1v) is 8.63. The smallest absolute Gasteiger partial charge is 0.276 e. The van der Waals surface area contributed by atoms with Gasteiger partial charge >= 0.3 is 0 Å². The van der Waals surface area contributed by atoms with Crippen molar-refractivity contribution < 1.29 is 18.8 Å². The van der Waals surface area contributed by atoms with E-state index in [1.165, 1.54) is 30.4 Å². The molecular weight excluding hydrogens is 401 g/mol. The van der Waals surface area contributed by atoms with Crippen LogP contribution >= 0.6 is 11.6 Å². The number of carbonyl (C=O) groups is 3. The Morgan fingerprint density at radius 1 is 1.17 bits per heavy atom. The van der Waals surface area contributed by atoms with Crippen LogP contribution in [0, 0.1) is 5.82 Å². The van der Waals surface area contributed by atoms with Crippen LogP contribution in [0.25, 0.3) is 0 Å². The standard InChI is InChI=1S/C19H15ClFN5O3/c1-26(19(29)16-15(17(22)27)23-9-24-16)12-5-3-11(4-6-12)25-18(28)10-2-7-14(21)13(20)8-10/h2-9H,1H3,(H2,22,27)(H,23,24)(H,25,28). The predicted molar refractivity (Wildman–Crippen MR) is 106 cm³/mol. The minimum atomic E-state index is -0.818. The Morgan fingerprint density at radius 2 is 1.86 bits per heavy atom. The number of carbonyl (C=O) groups excluding carboxylic acids is 3. The SMILES string of the molecule is CN(C(=O)c1[nH]cnc1C(N)=O)c1ccc(NC(=O)c2ccc(F)c(Cl)c2)cc1. The Kier molecular flexibility index (Phi) is 5.60. The van der Waals surface area contributed by atoms with Crippen LogP contribution < -0.4 is 16.0 Å². The monoisotopic (exact) mass is 415 g/mol. The first-order chi connectivity index (χ1) is 13.8. The van der Waals surface area contributed by atoms with Gasteiger partial charge in [-0.05, 0) is 42.5 Å². The molecule has 3 aromatic rings. The van der Waals surface area contributed by atoms with E-state index in [9.17, 15) is 18.8 Å². The Labute approximate surface area is 169 Å². The zero-order valence-corrected chi connectivity index (χ0v) is 15.8. The van der Waals surface area contributed by atoms with E-state index in [0.29, 0.717) is 11.4 Å². The largest absolute Gasteiger partial charge is 0.364 e. The molecule has 0 radical (unpaired) electrons. The van der Waals surface area contributed by atoms with Gasteiger partial charge in [0, 0.05) is 24.0 Å². The Bertz CT molecular complexity index is 1100. The van der Waals surface area contributed by atoms with Crippen molar-refractivity contribution in [2.75, 3.05) is 17.3 Å². The molecule has 1 aromatic heterocycles. The molecule has 148 valence electrons. The van der Waals surface area contributed by atoms with Gasteiger partial charge in [-0.25, -0.2) is 9.37 Å². The number of aromatic amines is 1. The quantitative estimate of drug-likeness (QED) is 0.593. The molecule has 0 aliphatic heterocycles. The Hall–Kier alpha value is -3.72. The van der Waals surface area contributed by atoms with Crippen LogP contribution in [0.5, 0.6) is 0 Å². The number of amides is 3. The van der Waals surface area contributed by atoms with E-state index in [2.05, 4.69) is 15.3 Å². The molecule has 0 atom stereocenters. The molecule has 0 unspecified atom stereocenters. The number of H-pyrrole nitrogens is 1. The molecule has 8 nitrogen and oxygen atoms in total. The van der Waals surface area contributed by atoms with E-state index in [1.54, 1.807) is 24.3 Å². The summed E-state index contributed by atoms with van der Waals surface area (Å²) in [6.45, 7) is 0. The highest BCUT2D eigenvalue weighted by Crippen LogP contribution is 2.21. The number of rotatable bonds is 5. The molecule has 4 N–H and O–H groups in total. The Balaban J connectivity index is 1.73. The Morgan fingerprint density at radius 3 is 2.48 bits per heavy atom. The van der Waals surface area contributed by atoms with Crippen molar-refractivity contribution in [2.45, 2.75) is 0 Å². The maximum Gasteiger partial charge on any atom is 0.276 e. The van der Waals surface area contributed by atoms with E-state index < -0.39 is 23.5 Å². The molecule has 1 heterocycles. The molecule has 0 aliphatic carbocycles. The number of primary amides is 1. The molecule has 29 heavy (non-hydrogen) atoms. The molecule has 3 amide bonds. The third-order valence-electron chi connectivity index (χ3n) is 4.09. The van der Waals surface area contributed by atoms with Gasteiger partial charge in [0.05, 0.1) is 11.3 Å². The van der Waals surface area contributed by atoms with Gasteiger partial charge in [0.15, 0.2) is 5.69 Å². The van der Waals surface area contributed by atoms with Crippen molar-refractivity contribution in [2.24, 2.45) is 5.73 Å². The molecule has 0 saturated heterocycles. The summed E-state index contributed by atoms with van der Waals surface area (Å²) >= 11 is 5.69. The second kappa shape index (κ2) is 8.11. The molecule has 3 rings (SSSR count). The first-order valence-electron chi connectivity index (χ1n) is 8.25. The number of nitrogens with two attached hydrogens (primary N) is 1. The van der Waals surface area contributed by atoms with Crippen LogP contribution in [-0.4, -0.2) is 34.7 Å². The second-order valence-electron chi connectivity index (χ2n) is 5.98. The fraction of sp³-hybridized carbons (Fsp3) is 0.0526. The number of hydrogen-bond donors (Lipinski definition) is 3.